The first-order valence-corrected chi connectivity index (χ1v) is 9.21. The zero-order valence-corrected chi connectivity index (χ0v) is 16.6. The van der Waals surface area contributed by atoms with E-state index in [1.807, 2.05) is 43.1 Å². The molecule has 2 heterocycles. The number of carbonyl (C=O) groups excluding carboxylic acids is 1. The van der Waals surface area contributed by atoms with Crippen LogP contribution in [0.4, 0.5) is 0 Å². The number of likely N-dealkylation sites (N-methyl/N-ethyl adjacent to an activating group) is 1. The number of nitrogens with zero attached hydrogens (tertiary/aromatic N) is 3. The third-order valence-corrected chi connectivity index (χ3v) is 4.58. The fourth-order valence-corrected chi connectivity index (χ4v) is 3.31. The summed E-state index contributed by atoms with van der Waals surface area (Å²) in [7, 11) is 1.92. The predicted octanol–water partition coefficient (Wildman–Crippen LogP) is 2.70. The zero-order valence-electron chi connectivity index (χ0n) is 15.8. The van der Waals surface area contributed by atoms with Gasteiger partial charge in [0.05, 0.1) is 6.61 Å². The number of nitrogens with one attached hydrogen (secondary N) is 1. The van der Waals surface area contributed by atoms with Gasteiger partial charge in [0.2, 0.25) is 17.6 Å². The quantitative estimate of drug-likeness (QED) is 0.741. The first kappa shape index (κ1) is 21.2. The molecule has 1 aromatic heterocycles. The molecule has 0 bridgehead atoms. The standard InChI is InChI=1S/C19H26N4O3.ClH/c1-3-25-16-8-6-14(7-9-16)19-21-17(26-22-19)10-11-18(24)23-12-4-5-15(23)13-20-2;/h6-9,15,20H,3-5,10-13H2,1-2H3;1H. The van der Waals surface area contributed by atoms with Gasteiger partial charge in [-0.25, -0.2) is 0 Å². The van der Waals surface area contributed by atoms with Gasteiger partial charge in [-0.3, -0.25) is 4.79 Å². The molecule has 1 atom stereocenters. The summed E-state index contributed by atoms with van der Waals surface area (Å²) >= 11 is 0. The van der Waals surface area contributed by atoms with Crippen LogP contribution < -0.4 is 10.1 Å². The second-order valence-corrected chi connectivity index (χ2v) is 6.41. The number of carbonyl (C=O) groups is 1. The molecule has 1 unspecified atom stereocenters. The lowest BCUT2D eigenvalue weighted by Gasteiger charge is -2.24. The Labute approximate surface area is 165 Å². The number of aromatic nitrogens is 2. The number of benzene rings is 1. The van der Waals surface area contributed by atoms with E-state index < -0.39 is 0 Å². The maximum absolute atomic E-state index is 12.5. The molecule has 1 N–H and O–H groups in total. The van der Waals surface area contributed by atoms with E-state index in [0.717, 1.165) is 37.2 Å². The normalized spacial score (nSPS) is 16.2. The lowest BCUT2D eigenvalue weighted by atomic mass is 10.2. The van der Waals surface area contributed by atoms with Crippen LogP contribution in [0.25, 0.3) is 11.4 Å². The second kappa shape index (κ2) is 10.3. The Morgan fingerprint density at radius 2 is 2.15 bits per heavy atom. The first-order valence-electron chi connectivity index (χ1n) is 9.21. The van der Waals surface area contributed by atoms with Crippen molar-refractivity contribution >= 4 is 18.3 Å². The van der Waals surface area contributed by atoms with Crippen molar-refractivity contribution in [2.45, 2.75) is 38.6 Å². The van der Waals surface area contributed by atoms with Crippen LogP contribution in [0.5, 0.6) is 5.75 Å². The average Bonchev–Trinajstić information content (AvgIpc) is 3.31. The van der Waals surface area contributed by atoms with Crippen LogP contribution in [0.2, 0.25) is 0 Å². The van der Waals surface area contributed by atoms with Gasteiger partial charge in [-0.15, -0.1) is 12.4 Å². The average molecular weight is 395 g/mol. The molecule has 0 spiro atoms. The van der Waals surface area contributed by atoms with E-state index in [4.69, 9.17) is 9.26 Å². The third-order valence-electron chi connectivity index (χ3n) is 4.58. The van der Waals surface area contributed by atoms with Crippen molar-refractivity contribution in [3.63, 3.8) is 0 Å². The molecule has 1 aliphatic rings. The Bertz CT molecular complexity index is 720. The summed E-state index contributed by atoms with van der Waals surface area (Å²) in [5.41, 5.74) is 0.864. The molecule has 148 valence electrons. The molecular formula is C19H27ClN4O3. The molecule has 1 fully saturated rings. The van der Waals surface area contributed by atoms with Gasteiger partial charge in [0.1, 0.15) is 5.75 Å². The Kier molecular flexibility index (Phi) is 8.06. The van der Waals surface area contributed by atoms with Crippen molar-refractivity contribution in [2.24, 2.45) is 0 Å². The van der Waals surface area contributed by atoms with Gasteiger partial charge in [0, 0.05) is 37.5 Å². The minimum absolute atomic E-state index is 0. The van der Waals surface area contributed by atoms with Crippen molar-refractivity contribution < 1.29 is 14.1 Å². The van der Waals surface area contributed by atoms with Crippen LogP contribution in [-0.2, 0) is 11.2 Å². The summed E-state index contributed by atoms with van der Waals surface area (Å²) in [5, 5.41) is 7.18. The number of hydrogen-bond acceptors (Lipinski definition) is 6. The summed E-state index contributed by atoms with van der Waals surface area (Å²) in [4.78, 5) is 18.9. The van der Waals surface area contributed by atoms with Crippen LogP contribution in [0.15, 0.2) is 28.8 Å². The fourth-order valence-electron chi connectivity index (χ4n) is 3.31. The van der Waals surface area contributed by atoms with Crippen LogP contribution in [0.3, 0.4) is 0 Å². The molecule has 0 aliphatic carbocycles. The topological polar surface area (TPSA) is 80.5 Å². The smallest absolute Gasteiger partial charge is 0.227 e. The fraction of sp³-hybridized carbons (Fsp3) is 0.526. The number of aryl methyl sites for hydroxylation is 1. The largest absolute Gasteiger partial charge is 0.494 e. The highest BCUT2D eigenvalue weighted by atomic mass is 35.5. The molecule has 1 amide bonds. The molecule has 1 aliphatic heterocycles. The Balaban J connectivity index is 0.00000261. The van der Waals surface area contributed by atoms with Gasteiger partial charge < -0.3 is 19.5 Å². The van der Waals surface area contributed by atoms with Gasteiger partial charge in [0.25, 0.3) is 0 Å². The predicted molar refractivity (Wildman–Crippen MR) is 105 cm³/mol. The summed E-state index contributed by atoms with van der Waals surface area (Å²) in [6.45, 7) is 4.26. The minimum Gasteiger partial charge on any atom is -0.494 e. The first-order chi connectivity index (χ1) is 12.7. The zero-order chi connectivity index (χ0) is 18.4. The Morgan fingerprint density at radius 3 is 2.85 bits per heavy atom. The molecule has 0 saturated carbocycles. The van der Waals surface area contributed by atoms with E-state index in [1.54, 1.807) is 0 Å². The van der Waals surface area contributed by atoms with Gasteiger partial charge in [0.15, 0.2) is 0 Å². The van der Waals surface area contributed by atoms with E-state index in [9.17, 15) is 4.79 Å². The molecule has 0 radical (unpaired) electrons. The molecular weight excluding hydrogens is 368 g/mol. The lowest BCUT2D eigenvalue weighted by Crippen LogP contribution is -2.40. The minimum atomic E-state index is 0. The molecule has 8 heteroatoms. The van der Waals surface area contributed by atoms with Crippen molar-refractivity contribution in [1.29, 1.82) is 0 Å². The summed E-state index contributed by atoms with van der Waals surface area (Å²) in [5.74, 6) is 1.99. The number of halogens is 1. The third kappa shape index (κ3) is 5.43. The number of rotatable bonds is 8. The van der Waals surface area contributed by atoms with E-state index in [2.05, 4.69) is 15.5 Å². The maximum atomic E-state index is 12.5. The van der Waals surface area contributed by atoms with E-state index >= 15 is 0 Å². The highest BCUT2D eigenvalue weighted by Gasteiger charge is 2.27. The van der Waals surface area contributed by atoms with Crippen LogP contribution in [0.1, 0.15) is 32.1 Å². The van der Waals surface area contributed by atoms with Gasteiger partial charge in [-0.1, -0.05) is 5.16 Å². The van der Waals surface area contributed by atoms with Crippen LogP contribution >= 0.6 is 12.4 Å². The lowest BCUT2D eigenvalue weighted by molar-refractivity contribution is -0.132. The van der Waals surface area contributed by atoms with Crippen LogP contribution in [0, 0.1) is 0 Å². The van der Waals surface area contributed by atoms with Crippen molar-refractivity contribution in [1.82, 2.24) is 20.4 Å². The van der Waals surface area contributed by atoms with Crippen molar-refractivity contribution in [3.8, 4) is 17.1 Å². The molecule has 1 aromatic carbocycles. The highest BCUT2D eigenvalue weighted by molar-refractivity contribution is 5.85. The Hall–Kier alpha value is -2.12. The van der Waals surface area contributed by atoms with Crippen molar-refractivity contribution in [2.75, 3.05) is 26.7 Å². The highest BCUT2D eigenvalue weighted by Crippen LogP contribution is 2.21. The van der Waals surface area contributed by atoms with Gasteiger partial charge in [-0.2, -0.15) is 4.98 Å². The monoisotopic (exact) mass is 394 g/mol. The van der Waals surface area contributed by atoms with Crippen LogP contribution in [-0.4, -0.2) is 53.7 Å². The Morgan fingerprint density at radius 1 is 1.37 bits per heavy atom. The van der Waals surface area contributed by atoms with E-state index in [0.29, 0.717) is 37.2 Å². The molecule has 7 nitrogen and oxygen atoms in total. The van der Waals surface area contributed by atoms with Crippen molar-refractivity contribution in [3.05, 3.63) is 30.2 Å². The number of hydrogen-bond donors (Lipinski definition) is 1. The second-order valence-electron chi connectivity index (χ2n) is 6.41. The maximum Gasteiger partial charge on any atom is 0.227 e. The molecule has 3 rings (SSSR count). The number of amides is 1. The summed E-state index contributed by atoms with van der Waals surface area (Å²) in [6.07, 6.45) is 2.99. The summed E-state index contributed by atoms with van der Waals surface area (Å²) < 4.78 is 10.7. The van der Waals surface area contributed by atoms with Gasteiger partial charge in [-0.05, 0) is 51.1 Å². The molecule has 1 saturated heterocycles. The van der Waals surface area contributed by atoms with E-state index in [-0.39, 0.29) is 18.3 Å². The molecule has 27 heavy (non-hydrogen) atoms. The number of ether oxygens (including phenoxy) is 1. The van der Waals surface area contributed by atoms with E-state index in [1.165, 1.54) is 0 Å². The number of likely N-dealkylation sites (tertiary alicyclic amines) is 1. The summed E-state index contributed by atoms with van der Waals surface area (Å²) in [6, 6.07) is 7.87. The van der Waals surface area contributed by atoms with Gasteiger partial charge >= 0.3 is 0 Å². The molecule has 2 aromatic rings. The SMILES string of the molecule is CCOc1ccc(-c2noc(CCC(=O)N3CCCC3CNC)n2)cc1.Cl.